The summed E-state index contributed by atoms with van der Waals surface area (Å²) >= 11 is 0. The van der Waals surface area contributed by atoms with Crippen molar-refractivity contribution < 1.29 is 10.0 Å². The zero-order valence-electron chi connectivity index (χ0n) is 11.4. The third-order valence-electron chi connectivity index (χ3n) is 3.39. The molecule has 1 atom stereocenters. The molecule has 0 saturated carbocycles. The first kappa shape index (κ1) is 14.4. The van der Waals surface area contributed by atoms with Crippen LogP contribution in [-0.4, -0.2) is 45.7 Å². The van der Waals surface area contributed by atoms with Gasteiger partial charge in [0, 0.05) is 13.1 Å². The maximum Gasteiger partial charge on any atom is 0.329 e. The summed E-state index contributed by atoms with van der Waals surface area (Å²) in [6.07, 6.45) is 3.99. The number of hydrogen-bond acceptors (Lipinski definition) is 7. The third kappa shape index (κ3) is 2.96. The minimum Gasteiger partial charge on any atom is -0.394 e. The van der Waals surface area contributed by atoms with Crippen molar-refractivity contribution in [3.63, 3.8) is 0 Å². The van der Waals surface area contributed by atoms with Crippen molar-refractivity contribution in [1.82, 2.24) is 9.97 Å². The van der Waals surface area contributed by atoms with Crippen molar-refractivity contribution in [2.75, 3.05) is 29.9 Å². The highest BCUT2D eigenvalue weighted by atomic mass is 16.6. The Morgan fingerprint density at radius 2 is 2.40 bits per heavy atom. The summed E-state index contributed by atoms with van der Waals surface area (Å²) in [5, 5.41) is 23.6. The Balaban J connectivity index is 2.39. The average molecular weight is 281 g/mol. The molecule has 20 heavy (non-hydrogen) atoms. The Morgan fingerprint density at radius 3 is 3.05 bits per heavy atom. The lowest BCUT2D eigenvalue weighted by atomic mass is 10.0. The van der Waals surface area contributed by atoms with Gasteiger partial charge >= 0.3 is 5.69 Å². The fourth-order valence-corrected chi connectivity index (χ4v) is 2.42. The molecule has 1 aromatic heterocycles. The monoisotopic (exact) mass is 281 g/mol. The number of nitrogens with zero attached hydrogens (tertiary/aromatic N) is 4. The van der Waals surface area contributed by atoms with E-state index >= 15 is 0 Å². The molecule has 0 amide bonds. The second-order valence-electron chi connectivity index (χ2n) is 4.72. The van der Waals surface area contributed by atoms with E-state index in [2.05, 4.69) is 15.3 Å². The molecule has 1 aliphatic heterocycles. The van der Waals surface area contributed by atoms with Gasteiger partial charge in [0.2, 0.25) is 11.8 Å². The summed E-state index contributed by atoms with van der Waals surface area (Å²) in [5.41, 5.74) is -0.119. The number of anilines is 2. The Labute approximate surface area is 117 Å². The van der Waals surface area contributed by atoms with Crippen LogP contribution in [0, 0.1) is 10.1 Å². The molecular formula is C12H19N5O3. The first-order valence-corrected chi connectivity index (χ1v) is 6.80. The van der Waals surface area contributed by atoms with Gasteiger partial charge in [0.05, 0.1) is 17.6 Å². The number of nitro groups is 1. The molecule has 1 fully saturated rings. The predicted octanol–water partition coefficient (Wildman–Crippen LogP) is 1.17. The summed E-state index contributed by atoms with van der Waals surface area (Å²) in [7, 11) is 0. The summed E-state index contributed by atoms with van der Waals surface area (Å²) in [4.78, 5) is 20.7. The zero-order chi connectivity index (χ0) is 14.5. The molecule has 0 radical (unpaired) electrons. The number of aliphatic hydroxyl groups excluding tert-OH is 1. The van der Waals surface area contributed by atoms with Crippen LogP contribution >= 0.6 is 0 Å². The van der Waals surface area contributed by atoms with Crippen molar-refractivity contribution in [3.05, 3.63) is 16.3 Å². The molecule has 1 saturated heterocycles. The fourth-order valence-electron chi connectivity index (χ4n) is 2.42. The highest BCUT2D eigenvalue weighted by Crippen LogP contribution is 2.31. The van der Waals surface area contributed by atoms with Gasteiger partial charge in [-0.25, -0.2) is 4.98 Å². The van der Waals surface area contributed by atoms with Crippen LogP contribution in [0.4, 0.5) is 17.5 Å². The van der Waals surface area contributed by atoms with E-state index in [9.17, 15) is 15.2 Å². The quantitative estimate of drug-likeness (QED) is 0.616. The highest BCUT2D eigenvalue weighted by molar-refractivity contribution is 5.59. The van der Waals surface area contributed by atoms with E-state index in [1.807, 2.05) is 11.8 Å². The Kier molecular flexibility index (Phi) is 4.67. The molecule has 2 rings (SSSR count). The predicted molar refractivity (Wildman–Crippen MR) is 74.9 cm³/mol. The number of aliphatic hydroxyl groups is 1. The van der Waals surface area contributed by atoms with Crippen LogP contribution in [0.3, 0.4) is 0 Å². The Hall–Kier alpha value is -1.96. The standard InChI is InChI=1S/C12H19N5O3/c1-2-13-12-14-7-10(17(19)20)11(15-12)16-6-4-3-5-9(16)8-18/h7,9,18H,2-6,8H2,1H3,(H,13,14,15). The van der Waals surface area contributed by atoms with Crippen LogP contribution in [0.1, 0.15) is 26.2 Å². The maximum absolute atomic E-state index is 11.1. The highest BCUT2D eigenvalue weighted by Gasteiger charge is 2.29. The van der Waals surface area contributed by atoms with Crippen LogP contribution in [0.25, 0.3) is 0 Å². The number of nitrogens with one attached hydrogen (secondary N) is 1. The molecule has 8 heteroatoms. The van der Waals surface area contributed by atoms with Gasteiger partial charge < -0.3 is 15.3 Å². The SMILES string of the molecule is CCNc1ncc([N+](=O)[O-])c(N2CCCCC2CO)n1. The van der Waals surface area contributed by atoms with E-state index in [4.69, 9.17) is 0 Å². The second-order valence-corrected chi connectivity index (χ2v) is 4.72. The van der Waals surface area contributed by atoms with Gasteiger partial charge in [-0.1, -0.05) is 0 Å². The fraction of sp³-hybridized carbons (Fsp3) is 0.667. The van der Waals surface area contributed by atoms with Crippen molar-refractivity contribution in [2.24, 2.45) is 0 Å². The van der Waals surface area contributed by atoms with E-state index < -0.39 is 4.92 Å². The van der Waals surface area contributed by atoms with Gasteiger partial charge in [-0.2, -0.15) is 4.98 Å². The lowest BCUT2D eigenvalue weighted by molar-refractivity contribution is -0.384. The molecule has 1 unspecified atom stereocenters. The molecule has 0 spiro atoms. The number of hydrogen-bond donors (Lipinski definition) is 2. The van der Waals surface area contributed by atoms with E-state index in [0.29, 0.717) is 24.9 Å². The zero-order valence-corrected chi connectivity index (χ0v) is 11.4. The summed E-state index contributed by atoms with van der Waals surface area (Å²) < 4.78 is 0. The van der Waals surface area contributed by atoms with Crippen LogP contribution < -0.4 is 10.2 Å². The smallest absolute Gasteiger partial charge is 0.329 e. The van der Waals surface area contributed by atoms with Crippen molar-refractivity contribution in [3.8, 4) is 0 Å². The topological polar surface area (TPSA) is 104 Å². The number of rotatable bonds is 5. The first-order valence-electron chi connectivity index (χ1n) is 6.80. The average Bonchev–Trinajstić information content (AvgIpc) is 2.47. The minimum absolute atomic E-state index is 0.0301. The molecule has 8 nitrogen and oxygen atoms in total. The van der Waals surface area contributed by atoms with Gasteiger partial charge in [0.1, 0.15) is 6.20 Å². The van der Waals surface area contributed by atoms with E-state index in [-0.39, 0.29) is 18.3 Å². The van der Waals surface area contributed by atoms with E-state index in [1.165, 1.54) is 6.20 Å². The van der Waals surface area contributed by atoms with Crippen molar-refractivity contribution >= 4 is 17.5 Å². The maximum atomic E-state index is 11.1. The third-order valence-corrected chi connectivity index (χ3v) is 3.39. The van der Waals surface area contributed by atoms with Gasteiger partial charge in [-0.3, -0.25) is 10.1 Å². The Morgan fingerprint density at radius 1 is 1.60 bits per heavy atom. The van der Waals surface area contributed by atoms with Crippen LogP contribution in [0.2, 0.25) is 0 Å². The molecule has 110 valence electrons. The van der Waals surface area contributed by atoms with Crippen LogP contribution in [0.15, 0.2) is 6.20 Å². The second kappa shape index (κ2) is 6.47. The van der Waals surface area contributed by atoms with E-state index in [1.54, 1.807) is 0 Å². The Bertz CT molecular complexity index is 482. The van der Waals surface area contributed by atoms with Crippen molar-refractivity contribution in [2.45, 2.75) is 32.2 Å². The summed E-state index contributed by atoms with van der Waals surface area (Å²) in [6.45, 7) is 3.18. The molecule has 2 heterocycles. The van der Waals surface area contributed by atoms with Gasteiger partial charge in [-0.05, 0) is 26.2 Å². The minimum atomic E-state index is -0.478. The molecule has 1 aliphatic rings. The van der Waals surface area contributed by atoms with Crippen LogP contribution in [-0.2, 0) is 0 Å². The van der Waals surface area contributed by atoms with Crippen LogP contribution in [0.5, 0.6) is 0 Å². The lowest BCUT2D eigenvalue weighted by Gasteiger charge is -2.35. The van der Waals surface area contributed by atoms with Crippen molar-refractivity contribution in [1.29, 1.82) is 0 Å². The molecule has 0 aromatic carbocycles. The number of aromatic nitrogens is 2. The van der Waals surface area contributed by atoms with Gasteiger partial charge in [0.25, 0.3) is 0 Å². The normalized spacial score (nSPS) is 18.9. The summed E-state index contributed by atoms with van der Waals surface area (Å²) in [5.74, 6) is 0.662. The first-order chi connectivity index (χ1) is 9.67. The largest absolute Gasteiger partial charge is 0.394 e. The molecule has 0 aliphatic carbocycles. The summed E-state index contributed by atoms with van der Waals surface area (Å²) in [6, 6.07) is -0.119. The molecular weight excluding hydrogens is 262 g/mol. The molecule has 1 aromatic rings. The molecule has 2 N–H and O–H groups in total. The van der Waals surface area contributed by atoms with E-state index in [0.717, 1.165) is 19.3 Å². The lowest BCUT2D eigenvalue weighted by Crippen LogP contribution is -2.42. The number of piperidine rings is 1. The van der Waals surface area contributed by atoms with Gasteiger partial charge in [0.15, 0.2) is 0 Å². The molecule has 0 bridgehead atoms. The van der Waals surface area contributed by atoms with Gasteiger partial charge in [-0.15, -0.1) is 0 Å².